The Hall–Kier alpha value is -1.85. The number of rotatable bonds is 3. The number of hydrogen-bond acceptors (Lipinski definition) is 4. The molecule has 8 heteroatoms. The summed E-state index contributed by atoms with van der Waals surface area (Å²) in [5, 5.41) is 18.8. The molecule has 0 heterocycles. The fourth-order valence-corrected chi connectivity index (χ4v) is 1.72. The van der Waals surface area contributed by atoms with Crippen molar-refractivity contribution in [2.45, 2.75) is 25.3 Å². The number of nitriles is 1. The average molecular weight is 304 g/mol. The van der Waals surface area contributed by atoms with Crippen LogP contribution < -0.4 is 5.73 Å². The molecular weight excluding hydrogens is 293 g/mol. The van der Waals surface area contributed by atoms with E-state index < -0.39 is 17.7 Å². The molecule has 1 rings (SSSR count). The lowest BCUT2D eigenvalue weighted by Gasteiger charge is -2.30. The molecule has 4 nitrogen and oxygen atoms in total. The maximum Gasteiger partial charge on any atom is 0.572 e. The van der Waals surface area contributed by atoms with E-state index in [9.17, 15) is 18.3 Å². The molecular formula is C12H11F3N2O2S. The van der Waals surface area contributed by atoms with Gasteiger partial charge in [-0.15, -0.1) is 13.2 Å². The molecule has 1 aliphatic carbocycles. The summed E-state index contributed by atoms with van der Waals surface area (Å²) < 4.78 is 40.3. The van der Waals surface area contributed by atoms with Gasteiger partial charge >= 0.3 is 6.36 Å². The molecule has 108 valence electrons. The Kier molecular flexibility index (Phi) is 4.57. The number of alkyl halides is 3. The fraction of sp³-hybridized carbons (Fsp3) is 0.333. The maximum atomic E-state index is 12.2. The highest BCUT2D eigenvalue weighted by Crippen LogP contribution is 2.34. The summed E-state index contributed by atoms with van der Waals surface area (Å²) in [6.45, 7) is 1.18. The lowest BCUT2D eigenvalue weighted by molar-refractivity contribution is -0.314. The molecule has 0 aliphatic heterocycles. The summed E-state index contributed by atoms with van der Waals surface area (Å²) in [6, 6.07) is 1.77. The molecule has 0 saturated carbocycles. The lowest BCUT2D eigenvalue weighted by Crippen LogP contribution is -2.33. The molecule has 0 aromatic rings. The van der Waals surface area contributed by atoms with Crippen LogP contribution in [-0.2, 0) is 4.74 Å². The maximum absolute atomic E-state index is 12.2. The second kappa shape index (κ2) is 5.64. The Labute approximate surface area is 118 Å². The third-order valence-electron chi connectivity index (χ3n) is 2.47. The van der Waals surface area contributed by atoms with Crippen molar-refractivity contribution in [3.63, 3.8) is 0 Å². The van der Waals surface area contributed by atoms with Gasteiger partial charge in [0, 0.05) is 6.42 Å². The van der Waals surface area contributed by atoms with Gasteiger partial charge in [0.05, 0.1) is 5.57 Å². The zero-order valence-corrected chi connectivity index (χ0v) is 11.2. The largest absolute Gasteiger partial charge is 0.572 e. The molecule has 0 saturated heterocycles. The van der Waals surface area contributed by atoms with E-state index in [1.165, 1.54) is 19.1 Å². The molecule has 1 unspecified atom stereocenters. The molecule has 1 aliphatic rings. The van der Waals surface area contributed by atoms with Gasteiger partial charge in [0.1, 0.15) is 22.4 Å². The van der Waals surface area contributed by atoms with Gasteiger partial charge in [0.2, 0.25) is 0 Å². The minimum absolute atomic E-state index is 0.00985. The van der Waals surface area contributed by atoms with Crippen LogP contribution in [0.25, 0.3) is 0 Å². The first-order valence-electron chi connectivity index (χ1n) is 5.36. The van der Waals surface area contributed by atoms with E-state index in [1.54, 1.807) is 6.07 Å². The van der Waals surface area contributed by atoms with E-state index in [1.807, 2.05) is 0 Å². The quantitative estimate of drug-likeness (QED) is 0.475. The van der Waals surface area contributed by atoms with Crippen molar-refractivity contribution in [3.05, 3.63) is 35.1 Å². The van der Waals surface area contributed by atoms with E-state index in [4.69, 9.17) is 11.0 Å². The van der Waals surface area contributed by atoms with Crippen molar-refractivity contribution in [3.8, 4) is 6.07 Å². The molecule has 0 bridgehead atoms. The van der Waals surface area contributed by atoms with Crippen LogP contribution >= 0.6 is 12.2 Å². The number of halogens is 3. The Balaban J connectivity index is 3.07. The number of thiocarbonyl (C=S) groups is 1. The van der Waals surface area contributed by atoms with Crippen molar-refractivity contribution in [1.29, 1.82) is 5.26 Å². The number of allylic oxidation sites excluding steroid dienone is 3. The Morgan fingerprint density at radius 1 is 1.60 bits per heavy atom. The lowest BCUT2D eigenvalue weighted by atomic mass is 9.89. The smallest absolute Gasteiger partial charge is 0.407 e. The van der Waals surface area contributed by atoms with E-state index >= 15 is 0 Å². The van der Waals surface area contributed by atoms with E-state index in [0.29, 0.717) is 5.57 Å². The van der Waals surface area contributed by atoms with Crippen molar-refractivity contribution in [2.75, 3.05) is 0 Å². The van der Waals surface area contributed by atoms with Gasteiger partial charge < -0.3 is 15.6 Å². The fourth-order valence-electron chi connectivity index (χ4n) is 1.62. The van der Waals surface area contributed by atoms with Gasteiger partial charge in [-0.05, 0) is 24.6 Å². The van der Waals surface area contributed by atoms with Gasteiger partial charge in [0.25, 0.3) is 0 Å². The zero-order valence-electron chi connectivity index (χ0n) is 10.4. The number of nitrogens with zero attached hydrogens (tertiary/aromatic N) is 1. The van der Waals surface area contributed by atoms with E-state index in [-0.39, 0.29) is 17.0 Å². The number of ether oxygens (including phenoxy) is 1. The molecule has 0 amide bonds. The predicted molar refractivity (Wildman–Crippen MR) is 69.0 cm³/mol. The van der Waals surface area contributed by atoms with E-state index in [0.717, 1.165) is 6.08 Å². The van der Waals surface area contributed by atoms with Gasteiger partial charge in [-0.1, -0.05) is 18.3 Å². The summed E-state index contributed by atoms with van der Waals surface area (Å²) in [5.74, 6) is -0.615. The van der Waals surface area contributed by atoms with Gasteiger partial charge in [-0.25, -0.2) is 0 Å². The summed E-state index contributed by atoms with van der Waals surface area (Å²) in [6.07, 6.45) is -1.43. The minimum atomic E-state index is -4.88. The average Bonchev–Trinajstić information content (AvgIpc) is 2.27. The number of nitrogens with two attached hydrogens (primary N) is 1. The first-order valence-corrected chi connectivity index (χ1v) is 5.77. The van der Waals surface area contributed by atoms with Gasteiger partial charge in [-0.2, -0.15) is 5.26 Å². The zero-order chi connectivity index (χ0) is 15.6. The van der Waals surface area contributed by atoms with Crippen LogP contribution in [0.15, 0.2) is 35.1 Å². The van der Waals surface area contributed by atoms with E-state index in [2.05, 4.69) is 17.0 Å². The highest BCUT2D eigenvalue weighted by molar-refractivity contribution is 7.80. The van der Waals surface area contributed by atoms with Crippen LogP contribution in [0.4, 0.5) is 13.2 Å². The van der Waals surface area contributed by atoms with Crippen LogP contribution in [0.5, 0.6) is 0 Å². The van der Waals surface area contributed by atoms with Crippen LogP contribution in [0, 0.1) is 11.3 Å². The normalized spacial score (nSPS) is 23.5. The monoisotopic (exact) mass is 304 g/mol. The summed E-state index contributed by atoms with van der Waals surface area (Å²) in [5.41, 5.74) is 3.89. The standard InChI is InChI=1S/C12H11F3N2O2S/c1-11(18)5-7(4-8(6-16)10(17)20)2-3-9(11)19-12(13,14)15/h2-4,18H,5H2,1H3,(H2,17,20). The first-order chi connectivity index (χ1) is 9.05. The van der Waals surface area contributed by atoms with Gasteiger partial charge in [0.15, 0.2) is 0 Å². The Bertz CT molecular complexity index is 554. The van der Waals surface area contributed by atoms with Crippen molar-refractivity contribution >= 4 is 17.2 Å². The highest BCUT2D eigenvalue weighted by Gasteiger charge is 2.40. The SMILES string of the molecule is CC1(O)CC(C=C(C#N)C(N)=S)=CC=C1OC(F)(F)F. The third kappa shape index (κ3) is 4.36. The Morgan fingerprint density at radius 3 is 2.60 bits per heavy atom. The predicted octanol–water partition coefficient (Wildman–Crippen LogP) is 2.22. The molecule has 1 atom stereocenters. The van der Waals surface area contributed by atoms with Crippen LogP contribution in [0.3, 0.4) is 0 Å². The first kappa shape index (κ1) is 16.2. The van der Waals surface area contributed by atoms with Crippen LogP contribution in [-0.4, -0.2) is 22.1 Å². The molecule has 3 N–H and O–H groups in total. The van der Waals surface area contributed by atoms with Crippen LogP contribution in [0.1, 0.15) is 13.3 Å². The second-order valence-corrected chi connectivity index (χ2v) is 4.74. The summed E-state index contributed by atoms with van der Waals surface area (Å²) in [4.78, 5) is -0.130. The molecule has 20 heavy (non-hydrogen) atoms. The topological polar surface area (TPSA) is 79.3 Å². The minimum Gasteiger partial charge on any atom is -0.407 e. The molecule has 0 aromatic carbocycles. The van der Waals surface area contributed by atoms with Gasteiger partial charge in [-0.3, -0.25) is 0 Å². The number of hydrogen-bond donors (Lipinski definition) is 2. The number of aliphatic hydroxyl groups is 1. The molecule has 0 aromatic heterocycles. The molecule has 0 fully saturated rings. The van der Waals surface area contributed by atoms with Crippen LogP contribution in [0.2, 0.25) is 0 Å². The molecule has 0 spiro atoms. The highest BCUT2D eigenvalue weighted by atomic mass is 32.1. The summed E-state index contributed by atoms with van der Waals surface area (Å²) in [7, 11) is 0. The Morgan fingerprint density at radius 2 is 2.20 bits per heavy atom. The molecule has 0 radical (unpaired) electrons. The third-order valence-corrected chi connectivity index (χ3v) is 2.69. The van der Waals surface area contributed by atoms with Crippen molar-refractivity contribution < 1.29 is 23.0 Å². The van der Waals surface area contributed by atoms with Crippen molar-refractivity contribution in [1.82, 2.24) is 0 Å². The van der Waals surface area contributed by atoms with Crippen molar-refractivity contribution in [2.24, 2.45) is 5.73 Å². The summed E-state index contributed by atoms with van der Waals surface area (Å²) >= 11 is 4.65. The second-order valence-electron chi connectivity index (χ2n) is 4.30.